The molecule has 114 valence electrons. The zero-order chi connectivity index (χ0) is 12.8. The maximum atomic E-state index is 3.86. The first kappa shape index (κ1) is 19.5. The average molecular weight is 317 g/mol. The van der Waals surface area contributed by atoms with Crippen molar-refractivity contribution in [2.45, 2.75) is 25.8 Å². The third-order valence-corrected chi connectivity index (χ3v) is 3.78. The molecule has 1 aliphatic heterocycles. The zero-order valence-electron chi connectivity index (χ0n) is 12.2. The Kier molecular flexibility index (Phi) is 9.95. The van der Waals surface area contributed by atoms with Crippen molar-refractivity contribution >= 4 is 24.8 Å². The molecule has 0 bridgehead atoms. The molecule has 1 saturated heterocycles. The normalized spacial score (nSPS) is 16.6. The summed E-state index contributed by atoms with van der Waals surface area (Å²) in [5.41, 5.74) is 2.89. The van der Waals surface area contributed by atoms with Crippen LogP contribution in [-0.4, -0.2) is 31.1 Å². The van der Waals surface area contributed by atoms with Gasteiger partial charge >= 0.3 is 0 Å². The third kappa shape index (κ3) is 5.10. The molecule has 2 rings (SSSR count). The highest BCUT2D eigenvalue weighted by atomic mass is 35.5. The Morgan fingerprint density at radius 1 is 1.25 bits per heavy atom. The number of nitrogens with zero attached hydrogens (tertiary/aromatic N) is 1. The molecule has 0 aliphatic carbocycles. The predicted octanol–water partition coefficient (Wildman–Crippen LogP) is 3.75. The van der Waals surface area contributed by atoms with Gasteiger partial charge in [0.25, 0.3) is 0 Å². The molecule has 0 radical (unpaired) electrons. The summed E-state index contributed by atoms with van der Waals surface area (Å²) in [5, 5.41) is 3.43. The van der Waals surface area contributed by atoms with E-state index >= 15 is 0 Å². The lowest BCUT2D eigenvalue weighted by molar-refractivity contribution is 0.165. The fourth-order valence-corrected chi connectivity index (χ4v) is 2.76. The summed E-state index contributed by atoms with van der Waals surface area (Å²) >= 11 is 0. The second-order valence-corrected chi connectivity index (χ2v) is 5.02. The first-order chi connectivity index (χ1) is 8.83. The van der Waals surface area contributed by atoms with Gasteiger partial charge in [0.15, 0.2) is 0 Å². The molecule has 2 nitrogen and oxygen atoms in total. The van der Waals surface area contributed by atoms with Crippen LogP contribution in [0.15, 0.2) is 36.9 Å². The van der Waals surface area contributed by atoms with Crippen molar-refractivity contribution in [3.63, 3.8) is 0 Å². The molecule has 0 unspecified atom stereocenters. The number of nitrogens with one attached hydrogen (secondary N) is 1. The smallest absolute Gasteiger partial charge is 0.0354 e. The van der Waals surface area contributed by atoms with Gasteiger partial charge in [0.1, 0.15) is 0 Å². The number of benzene rings is 1. The molecule has 1 fully saturated rings. The number of rotatable bonds is 5. The van der Waals surface area contributed by atoms with E-state index in [0.29, 0.717) is 6.04 Å². The number of hydrogen-bond donors (Lipinski definition) is 1. The minimum atomic E-state index is 0. The lowest BCUT2D eigenvalue weighted by Crippen LogP contribution is -2.45. The van der Waals surface area contributed by atoms with Crippen LogP contribution in [0.4, 0.5) is 0 Å². The molecule has 20 heavy (non-hydrogen) atoms. The topological polar surface area (TPSA) is 15.3 Å². The van der Waals surface area contributed by atoms with Crippen molar-refractivity contribution in [3.8, 4) is 0 Å². The highest BCUT2D eigenvalue weighted by molar-refractivity contribution is 5.85. The number of aryl methyl sites for hydroxylation is 1. The maximum Gasteiger partial charge on any atom is 0.0354 e. The van der Waals surface area contributed by atoms with Crippen molar-refractivity contribution in [2.75, 3.05) is 26.2 Å². The van der Waals surface area contributed by atoms with Gasteiger partial charge in [-0.1, -0.05) is 30.3 Å². The van der Waals surface area contributed by atoms with E-state index in [0.717, 1.165) is 32.6 Å². The summed E-state index contributed by atoms with van der Waals surface area (Å²) in [5.74, 6) is 0. The SMILES string of the molecule is C=CCC[C@@H](c1ccccc1C)N1CCNCC1.Cl.Cl. The molecular weight excluding hydrogens is 291 g/mol. The van der Waals surface area contributed by atoms with Crippen molar-refractivity contribution in [1.29, 1.82) is 0 Å². The van der Waals surface area contributed by atoms with Gasteiger partial charge in [-0.25, -0.2) is 0 Å². The Labute approximate surface area is 135 Å². The largest absolute Gasteiger partial charge is 0.314 e. The van der Waals surface area contributed by atoms with Crippen molar-refractivity contribution in [2.24, 2.45) is 0 Å². The minimum Gasteiger partial charge on any atom is -0.314 e. The van der Waals surface area contributed by atoms with E-state index < -0.39 is 0 Å². The first-order valence-corrected chi connectivity index (χ1v) is 6.94. The van der Waals surface area contributed by atoms with Gasteiger partial charge in [-0.2, -0.15) is 0 Å². The second-order valence-electron chi connectivity index (χ2n) is 5.02. The van der Waals surface area contributed by atoms with Crippen LogP contribution in [0, 0.1) is 6.92 Å². The first-order valence-electron chi connectivity index (χ1n) is 6.94. The summed E-state index contributed by atoms with van der Waals surface area (Å²) < 4.78 is 0. The highest BCUT2D eigenvalue weighted by Crippen LogP contribution is 2.28. The Morgan fingerprint density at radius 2 is 1.90 bits per heavy atom. The third-order valence-electron chi connectivity index (χ3n) is 3.78. The van der Waals surface area contributed by atoms with E-state index in [2.05, 4.69) is 48.0 Å². The van der Waals surface area contributed by atoms with Gasteiger partial charge in [-0.15, -0.1) is 31.4 Å². The van der Waals surface area contributed by atoms with E-state index in [4.69, 9.17) is 0 Å². The van der Waals surface area contributed by atoms with Gasteiger partial charge in [-0.3, -0.25) is 4.90 Å². The van der Waals surface area contributed by atoms with Gasteiger partial charge < -0.3 is 5.32 Å². The summed E-state index contributed by atoms with van der Waals surface area (Å²) in [4.78, 5) is 2.61. The van der Waals surface area contributed by atoms with Crippen molar-refractivity contribution in [1.82, 2.24) is 10.2 Å². The highest BCUT2D eigenvalue weighted by Gasteiger charge is 2.22. The quantitative estimate of drug-likeness (QED) is 0.832. The van der Waals surface area contributed by atoms with E-state index in [1.807, 2.05) is 6.08 Å². The molecule has 0 aromatic heterocycles. The summed E-state index contributed by atoms with van der Waals surface area (Å²) in [7, 11) is 0. The Morgan fingerprint density at radius 3 is 2.50 bits per heavy atom. The second kappa shape index (κ2) is 10.2. The predicted molar refractivity (Wildman–Crippen MR) is 92.3 cm³/mol. The van der Waals surface area contributed by atoms with Gasteiger partial charge in [0.05, 0.1) is 0 Å². The van der Waals surface area contributed by atoms with E-state index in [-0.39, 0.29) is 24.8 Å². The standard InChI is InChI=1S/C16H24N2.2ClH/c1-3-4-9-16(18-12-10-17-11-13-18)15-8-6-5-7-14(15)2;;/h3,5-8,16-17H,1,4,9-13H2,2H3;2*1H/t16-;;/m0../s1. The molecule has 1 atom stereocenters. The van der Waals surface area contributed by atoms with E-state index in [1.165, 1.54) is 17.5 Å². The lowest BCUT2D eigenvalue weighted by Gasteiger charge is -2.36. The van der Waals surface area contributed by atoms with Crippen LogP contribution in [-0.2, 0) is 0 Å². The number of halogens is 2. The molecule has 4 heteroatoms. The fourth-order valence-electron chi connectivity index (χ4n) is 2.76. The van der Waals surface area contributed by atoms with E-state index in [9.17, 15) is 0 Å². The summed E-state index contributed by atoms with van der Waals surface area (Å²) in [6.07, 6.45) is 4.30. The van der Waals surface area contributed by atoms with Gasteiger partial charge in [-0.05, 0) is 30.9 Å². The summed E-state index contributed by atoms with van der Waals surface area (Å²) in [6.45, 7) is 10.6. The van der Waals surface area contributed by atoms with E-state index in [1.54, 1.807) is 0 Å². The molecule has 0 saturated carbocycles. The monoisotopic (exact) mass is 316 g/mol. The molecule has 1 N–H and O–H groups in total. The number of piperazine rings is 1. The van der Waals surface area contributed by atoms with Crippen LogP contribution in [0.1, 0.15) is 30.0 Å². The van der Waals surface area contributed by atoms with Crippen LogP contribution >= 0.6 is 24.8 Å². The maximum absolute atomic E-state index is 3.86. The summed E-state index contributed by atoms with van der Waals surface area (Å²) in [6, 6.07) is 9.34. The lowest BCUT2D eigenvalue weighted by atomic mass is 9.95. The molecule has 1 aromatic rings. The van der Waals surface area contributed by atoms with Gasteiger partial charge in [0, 0.05) is 32.2 Å². The van der Waals surface area contributed by atoms with Gasteiger partial charge in [0.2, 0.25) is 0 Å². The molecule has 1 heterocycles. The van der Waals surface area contributed by atoms with Crippen LogP contribution in [0.25, 0.3) is 0 Å². The minimum absolute atomic E-state index is 0. The average Bonchev–Trinajstić information content (AvgIpc) is 2.42. The number of allylic oxidation sites excluding steroid dienone is 1. The van der Waals surface area contributed by atoms with Crippen molar-refractivity contribution < 1.29 is 0 Å². The molecule has 0 spiro atoms. The molecule has 0 amide bonds. The molecule has 1 aliphatic rings. The molecule has 1 aromatic carbocycles. The fraction of sp³-hybridized carbons (Fsp3) is 0.500. The van der Waals surface area contributed by atoms with Crippen molar-refractivity contribution in [3.05, 3.63) is 48.0 Å². The Hall–Kier alpha value is -0.540. The Balaban J connectivity index is 0.00000180. The van der Waals surface area contributed by atoms with Crippen LogP contribution in [0.5, 0.6) is 0 Å². The Bertz CT molecular complexity index is 390. The van der Waals surface area contributed by atoms with Crippen LogP contribution in [0.3, 0.4) is 0 Å². The zero-order valence-corrected chi connectivity index (χ0v) is 13.8. The molecular formula is C16H26Cl2N2. The number of hydrogen-bond acceptors (Lipinski definition) is 2. The van der Waals surface area contributed by atoms with Crippen LogP contribution in [0.2, 0.25) is 0 Å². The van der Waals surface area contributed by atoms with Crippen LogP contribution < -0.4 is 5.32 Å².